The van der Waals surface area contributed by atoms with Crippen LogP contribution in [-0.2, 0) is 22.9 Å². The maximum absolute atomic E-state index is 11.9. The molecule has 0 saturated heterocycles. The molecular weight excluding hydrogens is 380 g/mol. The first kappa shape index (κ1) is 18.2. The second kappa shape index (κ2) is 6.47. The SMILES string of the molecule is COc1ccc2c(c1)CCc1c(C(N)=O)nn(-c3ccc(S(N)(=O)=O)cc3)c1-2. The Morgan fingerprint density at radius 3 is 2.46 bits per heavy atom. The first-order valence-electron chi connectivity index (χ1n) is 8.52. The zero-order chi connectivity index (χ0) is 20.1. The van der Waals surface area contributed by atoms with Gasteiger partial charge in [0.1, 0.15) is 5.75 Å². The van der Waals surface area contributed by atoms with E-state index < -0.39 is 15.9 Å². The third kappa shape index (κ3) is 2.94. The van der Waals surface area contributed by atoms with Crippen molar-refractivity contribution in [2.24, 2.45) is 10.9 Å². The fourth-order valence-electron chi connectivity index (χ4n) is 3.52. The van der Waals surface area contributed by atoms with Crippen molar-refractivity contribution in [1.82, 2.24) is 9.78 Å². The van der Waals surface area contributed by atoms with Crippen LogP contribution >= 0.6 is 0 Å². The minimum absolute atomic E-state index is 0.00228. The van der Waals surface area contributed by atoms with Gasteiger partial charge in [-0.1, -0.05) is 0 Å². The molecule has 28 heavy (non-hydrogen) atoms. The molecule has 1 aliphatic carbocycles. The van der Waals surface area contributed by atoms with Crippen molar-refractivity contribution >= 4 is 15.9 Å². The van der Waals surface area contributed by atoms with Gasteiger partial charge in [0, 0.05) is 11.1 Å². The number of hydrogen-bond donors (Lipinski definition) is 2. The number of carbonyl (C=O) groups excluding carboxylic acids is 1. The van der Waals surface area contributed by atoms with Crippen molar-refractivity contribution in [2.75, 3.05) is 7.11 Å². The lowest BCUT2D eigenvalue weighted by molar-refractivity contribution is 0.0994. The summed E-state index contributed by atoms with van der Waals surface area (Å²) in [5.41, 5.74) is 9.90. The standard InChI is InChI=1S/C19H18N4O4S/c1-27-13-5-9-15-11(10-13)2-8-16-17(19(20)24)22-23(18(15)16)12-3-6-14(7-4-12)28(21,25)26/h3-7,9-10H,2,8H2,1H3,(H2,20,24)(H2,21,25,26). The van der Waals surface area contributed by atoms with Crippen molar-refractivity contribution in [3.8, 4) is 22.7 Å². The number of aromatic nitrogens is 2. The van der Waals surface area contributed by atoms with Crippen LogP contribution in [0.4, 0.5) is 0 Å². The monoisotopic (exact) mass is 398 g/mol. The molecule has 0 saturated carbocycles. The summed E-state index contributed by atoms with van der Waals surface area (Å²) in [6.07, 6.45) is 1.35. The molecule has 1 heterocycles. The van der Waals surface area contributed by atoms with Gasteiger partial charge in [0.05, 0.1) is 23.4 Å². The number of sulfonamides is 1. The molecule has 4 N–H and O–H groups in total. The number of carbonyl (C=O) groups is 1. The molecule has 0 radical (unpaired) electrons. The van der Waals surface area contributed by atoms with Crippen LogP contribution in [0.15, 0.2) is 47.4 Å². The minimum atomic E-state index is -3.80. The third-order valence-corrected chi connectivity index (χ3v) is 5.77. The molecule has 2 aromatic carbocycles. The fourth-order valence-corrected chi connectivity index (χ4v) is 4.04. The van der Waals surface area contributed by atoms with E-state index in [0.717, 1.165) is 34.6 Å². The molecule has 1 amide bonds. The van der Waals surface area contributed by atoms with E-state index in [4.69, 9.17) is 15.6 Å². The van der Waals surface area contributed by atoms with Crippen LogP contribution in [0.2, 0.25) is 0 Å². The normalized spacial score (nSPS) is 12.9. The average Bonchev–Trinajstić information content (AvgIpc) is 3.07. The number of hydrogen-bond acceptors (Lipinski definition) is 5. The van der Waals surface area contributed by atoms with Crippen LogP contribution in [0.25, 0.3) is 16.9 Å². The maximum Gasteiger partial charge on any atom is 0.269 e. The van der Waals surface area contributed by atoms with Gasteiger partial charge >= 0.3 is 0 Å². The van der Waals surface area contributed by atoms with Crippen LogP contribution < -0.4 is 15.6 Å². The summed E-state index contributed by atoms with van der Waals surface area (Å²) in [7, 11) is -2.19. The Hall–Kier alpha value is -3.17. The molecule has 1 aliphatic rings. The molecule has 4 rings (SSSR count). The third-order valence-electron chi connectivity index (χ3n) is 4.84. The number of rotatable bonds is 4. The predicted octanol–water partition coefficient (Wildman–Crippen LogP) is 1.39. The average molecular weight is 398 g/mol. The Kier molecular flexibility index (Phi) is 4.20. The van der Waals surface area contributed by atoms with E-state index in [1.807, 2.05) is 18.2 Å². The van der Waals surface area contributed by atoms with Crippen LogP contribution in [-0.4, -0.2) is 31.2 Å². The highest BCUT2D eigenvalue weighted by Crippen LogP contribution is 2.38. The summed E-state index contributed by atoms with van der Waals surface area (Å²) in [5, 5.41) is 9.59. The molecule has 0 fully saturated rings. The highest BCUT2D eigenvalue weighted by atomic mass is 32.2. The number of amides is 1. The Labute approximate surface area is 161 Å². The number of benzene rings is 2. The predicted molar refractivity (Wildman–Crippen MR) is 103 cm³/mol. The lowest BCUT2D eigenvalue weighted by Gasteiger charge is -2.19. The quantitative estimate of drug-likeness (QED) is 0.686. The summed E-state index contributed by atoms with van der Waals surface area (Å²) in [5.74, 6) is 0.147. The van der Waals surface area contributed by atoms with Gasteiger partial charge in [-0.05, 0) is 60.9 Å². The lowest BCUT2D eigenvalue weighted by atomic mass is 9.88. The summed E-state index contributed by atoms with van der Waals surface area (Å²) >= 11 is 0. The van der Waals surface area contributed by atoms with Crippen LogP contribution in [0.5, 0.6) is 5.75 Å². The van der Waals surface area contributed by atoms with Crippen molar-refractivity contribution < 1.29 is 17.9 Å². The lowest BCUT2D eigenvalue weighted by Crippen LogP contribution is -2.15. The van der Waals surface area contributed by atoms with E-state index in [1.54, 1.807) is 23.9 Å². The number of primary amides is 1. The largest absolute Gasteiger partial charge is 0.497 e. The van der Waals surface area contributed by atoms with E-state index >= 15 is 0 Å². The van der Waals surface area contributed by atoms with Crippen molar-refractivity contribution in [2.45, 2.75) is 17.7 Å². The zero-order valence-corrected chi connectivity index (χ0v) is 15.9. The van der Waals surface area contributed by atoms with Gasteiger partial charge in [-0.3, -0.25) is 4.79 Å². The summed E-state index contributed by atoms with van der Waals surface area (Å²) in [6, 6.07) is 11.7. The van der Waals surface area contributed by atoms with Gasteiger partial charge in [0.25, 0.3) is 5.91 Å². The molecule has 9 heteroatoms. The number of methoxy groups -OCH3 is 1. The molecule has 0 bridgehead atoms. The highest BCUT2D eigenvalue weighted by molar-refractivity contribution is 7.89. The van der Waals surface area contributed by atoms with Gasteiger partial charge in [0.15, 0.2) is 5.69 Å². The smallest absolute Gasteiger partial charge is 0.269 e. The van der Waals surface area contributed by atoms with E-state index in [-0.39, 0.29) is 10.6 Å². The molecule has 8 nitrogen and oxygen atoms in total. The van der Waals surface area contributed by atoms with Crippen LogP contribution in [0.1, 0.15) is 21.6 Å². The molecule has 0 unspecified atom stereocenters. The minimum Gasteiger partial charge on any atom is -0.497 e. The zero-order valence-electron chi connectivity index (χ0n) is 15.0. The van der Waals surface area contributed by atoms with E-state index in [1.165, 1.54) is 12.1 Å². The van der Waals surface area contributed by atoms with Gasteiger partial charge in [-0.25, -0.2) is 18.2 Å². The number of nitrogens with two attached hydrogens (primary N) is 2. The van der Waals surface area contributed by atoms with E-state index in [2.05, 4.69) is 5.10 Å². The number of nitrogens with zero attached hydrogens (tertiary/aromatic N) is 2. The van der Waals surface area contributed by atoms with Crippen molar-refractivity contribution in [1.29, 1.82) is 0 Å². The Balaban J connectivity index is 1.93. The highest BCUT2D eigenvalue weighted by Gasteiger charge is 2.28. The van der Waals surface area contributed by atoms with Gasteiger partial charge < -0.3 is 10.5 Å². The van der Waals surface area contributed by atoms with Crippen molar-refractivity contribution in [3.05, 3.63) is 59.3 Å². The summed E-state index contributed by atoms with van der Waals surface area (Å²) in [6.45, 7) is 0. The van der Waals surface area contributed by atoms with E-state index in [0.29, 0.717) is 12.1 Å². The molecule has 0 aliphatic heterocycles. The van der Waals surface area contributed by atoms with Crippen LogP contribution in [0.3, 0.4) is 0 Å². The molecule has 0 atom stereocenters. The molecule has 0 spiro atoms. The first-order valence-corrected chi connectivity index (χ1v) is 10.1. The summed E-state index contributed by atoms with van der Waals surface area (Å²) in [4.78, 5) is 11.9. The maximum atomic E-state index is 11.9. The van der Waals surface area contributed by atoms with Gasteiger partial charge in [0.2, 0.25) is 10.0 Å². The van der Waals surface area contributed by atoms with Gasteiger partial charge in [-0.2, -0.15) is 5.10 Å². The molecule has 144 valence electrons. The second-order valence-corrected chi connectivity index (χ2v) is 8.08. The second-order valence-electron chi connectivity index (χ2n) is 6.51. The Bertz CT molecular complexity index is 1200. The fraction of sp³-hybridized carbons (Fsp3) is 0.158. The molecule has 1 aromatic heterocycles. The molecule has 3 aromatic rings. The number of primary sulfonamides is 1. The Morgan fingerprint density at radius 1 is 1.14 bits per heavy atom. The topological polar surface area (TPSA) is 130 Å². The van der Waals surface area contributed by atoms with Crippen LogP contribution in [0, 0.1) is 0 Å². The number of ether oxygens (including phenoxy) is 1. The number of fused-ring (bicyclic) bond motifs is 3. The Morgan fingerprint density at radius 2 is 1.86 bits per heavy atom. The first-order chi connectivity index (χ1) is 13.3. The molecular formula is C19H18N4O4S. The number of aryl methyl sites for hydroxylation is 1. The van der Waals surface area contributed by atoms with E-state index in [9.17, 15) is 13.2 Å². The van der Waals surface area contributed by atoms with Gasteiger partial charge in [-0.15, -0.1) is 0 Å². The summed E-state index contributed by atoms with van der Waals surface area (Å²) < 4.78 is 30.0. The van der Waals surface area contributed by atoms with Crippen molar-refractivity contribution in [3.63, 3.8) is 0 Å².